The van der Waals surface area contributed by atoms with Gasteiger partial charge in [-0.25, -0.2) is 5.43 Å². The lowest BCUT2D eigenvalue weighted by molar-refractivity contribution is -0.120. The Kier molecular flexibility index (Phi) is 8.05. The standard InChI is InChI=1S/C19H20IN3O5/c1-26-15-8-12(9-16(27-2)18(15)28-3)10-22-23-17(24)11-21-19(25)13-6-4-5-7-14(13)20/h4-10H,11H2,1-3H3,(H,21,25)(H,23,24)/b22-10+. The summed E-state index contributed by atoms with van der Waals surface area (Å²) in [5, 5.41) is 6.44. The van der Waals surface area contributed by atoms with Crippen LogP contribution in [0.5, 0.6) is 17.2 Å². The Balaban J connectivity index is 1.94. The van der Waals surface area contributed by atoms with Crippen LogP contribution >= 0.6 is 22.6 Å². The molecule has 2 rings (SSSR count). The van der Waals surface area contributed by atoms with Gasteiger partial charge >= 0.3 is 0 Å². The average molecular weight is 497 g/mol. The summed E-state index contributed by atoms with van der Waals surface area (Å²) < 4.78 is 16.6. The van der Waals surface area contributed by atoms with Gasteiger partial charge in [0.25, 0.3) is 11.8 Å². The van der Waals surface area contributed by atoms with Crippen molar-refractivity contribution in [2.45, 2.75) is 0 Å². The molecule has 2 N–H and O–H groups in total. The highest BCUT2D eigenvalue weighted by Crippen LogP contribution is 2.37. The molecular weight excluding hydrogens is 477 g/mol. The number of rotatable bonds is 8. The van der Waals surface area contributed by atoms with Crippen LogP contribution in [0.3, 0.4) is 0 Å². The van der Waals surface area contributed by atoms with E-state index in [0.717, 1.165) is 3.57 Å². The van der Waals surface area contributed by atoms with E-state index in [1.807, 2.05) is 12.1 Å². The lowest BCUT2D eigenvalue weighted by Gasteiger charge is -2.12. The summed E-state index contributed by atoms with van der Waals surface area (Å²) in [6.45, 7) is -0.198. The fourth-order valence-corrected chi connectivity index (χ4v) is 2.93. The van der Waals surface area contributed by atoms with Crippen LogP contribution in [0.2, 0.25) is 0 Å². The van der Waals surface area contributed by atoms with Crippen LogP contribution < -0.4 is 25.0 Å². The molecule has 0 bridgehead atoms. The largest absolute Gasteiger partial charge is 0.493 e. The van der Waals surface area contributed by atoms with E-state index in [1.165, 1.54) is 27.5 Å². The molecule has 0 aliphatic rings. The predicted molar refractivity (Wildman–Crippen MR) is 113 cm³/mol. The second kappa shape index (κ2) is 10.5. The van der Waals surface area contributed by atoms with Crippen molar-refractivity contribution in [3.63, 3.8) is 0 Å². The molecule has 28 heavy (non-hydrogen) atoms. The molecule has 0 spiro atoms. The quantitative estimate of drug-likeness (QED) is 0.331. The summed E-state index contributed by atoms with van der Waals surface area (Å²) in [6.07, 6.45) is 1.43. The molecule has 0 fully saturated rings. The fraction of sp³-hybridized carbons (Fsp3) is 0.211. The van der Waals surface area contributed by atoms with E-state index >= 15 is 0 Å². The number of hydrogen-bond donors (Lipinski definition) is 2. The minimum atomic E-state index is -0.456. The second-order valence-corrected chi connectivity index (χ2v) is 6.58. The lowest BCUT2D eigenvalue weighted by atomic mass is 10.2. The molecule has 9 heteroatoms. The minimum absolute atomic E-state index is 0.198. The van der Waals surface area contributed by atoms with Gasteiger partial charge in [-0.15, -0.1) is 0 Å². The van der Waals surface area contributed by atoms with Gasteiger partial charge in [-0.3, -0.25) is 9.59 Å². The van der Waals surface area contributed by atoms with Gasteiger partial charge in [-0.05, 0) is 46.9 Å². The summed E-state index contributed by atoms with van der Waals surface area (Å²) in [4.78, 5) is 24.0. The van der Waals surface area contributed by atoms with E-state index in [0.29, 0.717) is 28.4 Å². The average Bonchev–Trinajstić information content (AvgIpc) is 2.71. The van der Waals surface area contributed by atoms with Crippen molar-refractivity contribution in [2.75, 3.05) is 27.9 Å². The van der Waals surface area contributed by atoms with Crippen molar-refractivity contribution < 1.29 is 23.8 Å². The molecule has 0 saturated carbocycles. The number of ether oxygens (including phenoxy) is 3. The molecule has 8 nitrogen and oxygen atoms in total. The molecule has 0 aliphatic heterocycles. The molecule has 2 aromatic rings. The van der Waals surface area contributed by atoms with Crippen LogP contribution in [0.1, 0.15) is 15.9 Å². The molecule has 0 radical (unpaired) electrons. The van der Waals surface area contributed by atoms with E-state index in [2.05, 4.69) is 38.4 Å². The van der Waals surface area contributed by atoms with Gasteiger partial charge in [0.2, 0.25) is 5.75 Å². The predicted octanol–water partition coefficient (Wildman–Crippen LogP) is 2.20. The maximum atomic E-state index is 12.1. The Morgan fingerprint density at radius 1 is 1.07 bits per heavy atom. The molecule has 0 aliphatic carbocycles. The van der Waals surface area contributed by atoms with Crippen LogP contribution in [0, 0.1) is 3.57 Å². The Morgan fingerprint density at radius 2 is 1.71 bits per heavy atom. The number of hydrazone groups is 1. The van der Waals surface area contributed by atoms with Crippen LogP contribution in [-0.4, -0.2) is 45.9 Å². The number of amides is 2. The zero-order valence-corrected chi connectivity index (χ0v) is 17.8. The van der Waals surface area contributed by atoms with E-state index in [4.69, 9.17) is 14.2 Å². The van der Waals surface area contributed by atoms with Crippen molar-refractivity contribution >= 4 is 40.6 Å². The first-order chi connectivity index (χ1) is 13.5. The molecule has 0 unspecified atom stereocenters. The van der Waals surface area contributed by atoms with E-state index in [-0.39, 0.29) is 12.5 Å². The van der Waals surface area contributed by atoms with Gasteiger partial charge in [-0.2, -0.15) is 5.10 Å². The van der Waals surface area contributed by atoms with E-state index in [9.17, 15) is 9.59 Å². The normalized spacial score (nSPS) is 10.4. The number of benzene rings is 2. The SMILES string of the molecule is COc1cc(/C=N/NC(=O)CNC(=O)c2ccccc2I)cc(OC)c1OC. The number of carbonyl (C=O) groups is 2. The first-order valence-corrected chi connectivity index (χ1v) is 9.22. The molecule has 148 valence electrons. The number of nitrogens with zero attached hydrogens (tertiary/aromatic N) is 1. The first-order valence-electron chi connectivity index (χ1n) is 8.14. The Labute approximate surface area is 176 Å². The minimum Gasteiger partial charge on any atom is -0.493 e. The highest BCUT2D eigenvalue weighted by molar-refractivity contribution is 14.1. The number of hydrogen-bond acceptors (Lipinski definition) is 6. The summed E-state index contributed by atoms with van der Waals surface area (Å²) >= 11 is 2.06. The van der Waals surface area contributed by atoms with Crippen LogP contribution in [-0.2, 0) is 4.79 Å². The number of nitrogens with one attached hydrogen (secondary N) is 2. The highest BCUT2D eigenvalue weighted by atomic mass is 127. The molecule has 2 amide bonds. The maximum absolute atomic E-state index is 12.1. The van der Waals surface area contributed by atoms with Gasteiger partial charge in [0.1, 0.15) is 0 Å². The van der Waals surface area contributed by atoms with Gasteiger partial charge in [0.15, 0.2) is 11.5 Å². The van der Waals surface area contributed by atoms with Crippen LogP contribution in [0.15, 0.2) is 41.5 Å². The Bertz CT molecular complexity index is 861. The zero-order chi connectivity index (χ0) is 20.5. The third kappa shape index (κ3) is 5.59. The smallest absolute Gasteiger partial charge is 0.259 e. The summed E-state index contributed by atoms with van der Waals surface area (Å²) in [5.41, 5.74) is 3.50. The van der Waals surface area contributed by atoms with E-state index < -0.39 is 5.91 Å². The molecule has 2 aromatic carbocycles. The van der Waals surface area contributed by atoms with Crippen molar-refractivity contribution in [3.05, 3.63) is 51.1 Å². The van der Waals surface area contributed by atoms with Crippen molar-refractivity contribution in [1.82, 2.24) is 10.7 Å². The number of carbonyl (C=O) groups excluding carboxylic acids is 2. The summed E-state index contributed by atoms with van der Waals surface area (Å²) in [5.74, 6) is 0.625. The Morgan fingerprint density at radius 3 is 2.29 bits per heavy atom. The summed E-state index contributed by atoms with van der Waals surface area (Å²) in [7, 11) is 4.53. The first kappa shape index (κ1) is 21.5. The molecule has 0 saturated heterocycles. The number of methoxy groups -OCH3 is 3. The number of halogens is 1. The maximum Gasteiger partial charge on any atom is 0.259 e. The van der Waals surface area contributed by atoms with Crippen molar-refractivity contribution in [1.29, 1.82) is 0 Å². The van der Waals surface area contributed by atoms with Crippen LogP contribution in [0.4, 0.5) is 0 Å². The zero-order valence-electron chi connectivity index (χ0n) is 15.6. The summed E-state index contributed by atoms with van der Waals surface area (Å²) in [6, 6.07) is 10.5. The van der Waals surface area contributed by atoms with Crippen LogP contribution in [0.25, 0.3) is 0 Å². The monoisotopic (exact) mass is 497 g/mol. The van der Waals surface area contributed by atoms with Gasteiger partial charge in [0, 0.05) is 9.13 Å². The lowest BCUT2D eigenvalue weighted by Crippen LogP contribution is -2.35. The molecule has 0 heterocycles. The third-order valence-electron chi connectivity index (χ3n) is 3.62. The second-order valence-electron chi connectivity index (χ2n) is 5.41. The topological polar surface area (TPSA) is 98.2 Å². The molecule has 0 atom stereocenters. The molecular formula is C19H20IN3O5. The third-order valence-corrected chi connectivity index (χ3v) is 4.56. The fourth-order valence-electron chi connectivity index (χ4n) is 2.30. The highest BCUT2D eigenvalue weighted by Gasteiger charge is 2.13. The Hall–Kier alpha value is -2.82. The van der Waals surface area contributed by atoms with E-state index in [1.54, 1.807) is 24.3 Å². The van der Waals surface area contributed by atoms with Gasteiger partial charge in [-0.1, -0.05) is 12.1 Å². The van der Waals surface area contributed by atoms with Crippen molar-refractivity contribution in [2.24, 2.45) is 5.10 Å². The van der Waals surface area contributed by atoms with Gasteiger partial charge < -0.3 is 19.5 Å². The van der Waals surface area contributed by atoms with Crippen molar-refractivity contribution in [3.8, 4) is 17.2 Å². The molecule has 0 aromatic heterocycles. The van der Waals surface area contributed by atoms with Gasteiger partial charge in [0.05, 0.1) is 39.7 Å².